The summed E-state index contributed by atoms with van der Waals surface area (Å²) in [7, 11) is 0. The maximum Gasteiger partial charge on any atom is 0.310 e. The Labute approximate surface area is 86.0 Å². The summed E-state index contributed by atoms with van der Waals surface area (Å²) in [6.45, 7) is 0. The maximum absolute atomic E-state index is 10.4. The van der Waals surface area contributed by atoms with E-state index >= 15 is 0 Å². The molecule has 0 aliphatic carbocycles. The molecule has 0 amide bonds. The lowest BCUT2D eigenvalue weighted by Crippen LogP contribution is -1.88. The minimum absolute atomic E-state index is 0.262. The molecule has 0 saturated heterocycles. The lowest BCUT2D eigenvalue weighted by molar-refractivity contribution is -0.385. The van der Waals surface area contributed by atoms with E-state index < -0.39 is 4.92 Å². The van der Waals surface area contributed by atoms with E-state index in [4.69, 9.17) is 5.26 Å². The van der Waals surface area contributed by atoms with Gasteiger partial charge in [-0.15, -0.1) is 0 Å². The third kappa shape index (κ3) is 2.81. The summed E-state index contributed by atoms with van der Waals surface area (Å²) < 4.78 is 0. The van der Waals surface area contributed by atoms with E-state index in [1.807, 2.05) is 6.07 Å². The topological polar surface area (TPSA) is 87.2 Å². The van der Waals surface area contributed by atoms with Crippen molar-refractivity contribution in [2.45, 2.75) is 6.42 Å². The molecule has 1 rings (SSSR count). The van der Waals surface area contributed by atoms with Crippen LogP contribution in [0.4, 0.5) is 5.69 Å². The number of phenolic OH excluding ortho intramolecular Hbond substituents is 1. The molecule has 1 aromatic carbocycles. The van der Waals surface area contributed by atoms with Gasteiger partial charge in [0.1, 0.15) is 0 Å². The third-order valence-electron chi connectivity index (χ3n) is 1.72. The lowest BCUT2D eigenvalue weighted by atomic mass is 10.1. The van der Waals surface area contributed by atoms with Crippen LogP contribution in [0.2, 0.25) is 0 Å². The minimum atomic E-state index is -0.655. The highest BCUT2D eigenvalue weighted by atomic mass is 16.6. The first kappa shape index (κ1) is 10.7. The molecule has 15 heavy (non-hydrogen) atoms. The standard InChI is InChI=1S/C10H8N2O3/c11-6-2-1-3-8-4-5-9(12(14)15)10(13)7-8/h1,3-5,7,13H,2H2. The molecule has 1 N–H and O–H groups in total. The summed E-state index contributed by atoms with van der Waals surface area (Å²) in [4.78, 5) is 9.72. The van der Waals surface area contributed by atoms with Crippen LogP contribution in [0.1, 0.15) is 12.0 Å². The third-order valence-corrected chi connectivity index (χ3v) is 1.72. The summed E-state index contributed by atoms with van der Waals surface area (Å²) in [6.07, 6.45) is 3.49. The van der Waals surface area contributed by atoms with Crippen molar-refractivity contribution in [1.82, 2.24) is 0 Å². The first-order chi connectivity index (χ1) is 7.15. The highest BCUT2D eigenvalue weighted by Crippen LogP contribution is 2.26. The van der Waals surface area contributed by atoms with Gasteiger partial charge in [0.25, 0.3) is 0 Å². The Bertz CT molecular complexity index is 446. The molecule has 0 aliphatic heterocycles. The molecule has 0 unspecified atom stereocenters. The van der Waals surface area contributed by atoms with Gasteiger partial charge in [-0.1, -0.05) is 12.2 Å². The van der Waals surface area contributed by atoms with Gasteiger partial charge in [0.15, 0.2) is 5.75 Å². The molecular weight excluding hydrogens is 196 g/mol. The van der Waals surface area contributed by atoms with Crippen LogP contribution in [-0.4, -0.2) is 10.0 Å². The number of hydrogen-bond donors (Lipinski definition) is 1. The second-order valence-electron chi connectivity index (χ2n) is 2.77. The Balaban J connectivity index is 2.93. The number of benzene rings is 1. The summed E-state index contributed by atoms with van der Waals surface area (Å²) in [5.74, 6) is -0.376. The normalized spacial score (nSPS) is 10.1. The molecule has 1 aromatic rings. The van der Waals surface area contributed by atoms with Gasteiger partial charge < -0.3 is 5.11 Å². The number of nitrogens with zero attached hydrogens (tertiary/aromatic N) is 2. The summed E-state index contributed by atoms with van der Waals surface area (Å²) in [5, 5.41) is 27.9. The van der Waals surface area contributed by atoms with Crippen LogP contribution in [0.25, 0.3) is 6.08 Å². The fourth-order valence-electron chi connectivity index (χ4n) is 1.05. The molecule has 0 fully saturated rings. The predicted octanol–water partition coefficient (Wildman–Crippen LogP) is 2.23. The second kappa shape index (κ2) is 4.77. The molecule has 0 aromatic heterocycles. The van der Waals surface area contributed by atoms with Gasteiger partial charge in [-0.05, 0) is 17.7 Å². The Morgan fingerprint density at radius 3 is 2.87 bits per heavy atom. The van der Waals surface area contributed by atoms with Crippen molar-refractivity contribution >= 4 is 11.8 Å². The highest BCUT2D eigenvalue weighted by Gasteiger charge is 2.11. The molecule has 0 radical (unpaired) electrons. The molecule has 0 spiro atoms. The van der Waals surface area contributed by atoms with E-state index in [1.165, 1.54) is 18.2 Å². The van der Waals surface area contributed by atoms with Crippen LogP contribution in [-0.2, 0) is 0 Å². The Hall–Kier alpha value is -2.35. The number of hydrogen-bond acceptors (Lipinski definition) is 4. The predicted molar refractivity (Wildman–Crippen MR) is 54.0 cm³/mol. The summed E-state index contributed by atoms with van der Waals surface area (Å²) in [6, 6.07) is 5.94. The van der Waals surface area contributed by atoms with E-state index in [2.05, 4.69) is 0 Å². The van der Waals surface area contributed by atoms with Gasteiger partial charge in [-0.3, -0.25) is 10.1 Å². The fraction of sp³-hybridized carbons (Fsp3) is 0.100. The van der Waals surface area contributed by atoms with Crippen LogP contribution in [0, 0.1) is 21.4 Å². The van der Waals surface area contributed by atoms with Gasteiger partial charge in [0.05, 0.1) is 17.4 Å². The van der Waals surface area contributed by atoms with Crippen LogP contribution in [0.3, 0.4) is 0 Å². The monoisotopic (exact) mass is 204 g/mol. The van der Waals surface area contributed by atoms with E-state index in [0.29, 0.717) is 5.56 Å². The summed E-state index contributed by atoms with van der Waals surface area (Å²) >= 11 is 0. The molecule has 0 bridgehead atoms. The average Bonchev–Trinajstić information content (AvgIpc) is 2.17. The number of allylic oxidation sites excluding steroid dienone is 1. The van der Waals surface area contributed by atoms with Crippen LogP contribution >= 0.6 is 0 Å². The smallest absolute Gasteiger partial charge is 0.310 e. The van der Waals surface area contributed by atoms with Crippen LogP contribution < -0.4 is 0 Å². The average molecular weight is 204 g/mol. The van der Waals surface area contributed by atoms with Crippen LogP contribution in [0.15, 0.2) is 24.3 Å². The number of nitro groups is 1. The largest absolute Gasteiger partial charge is 0.502 e. The zero-order chi connectivity index (χ0) is 11.3. The zero-order valence-corrected chi connectivity index (χ0v) is 7.75. The number of nitriles is 1. The lowest BCUT2D eigenvalue weighted by Gasteiger charge is -1.97. The van der Waals surface area contributed by atoms with Crippen LogP contribution in [0.5, 0.6) is 5.75 Å². The molecule has 5 nitrogen and oxygen atoms in total. The molecular formula is C10H8N2O3. The fourth-order valence-corrected chi connectivity index (χ4v) is 1.05. The van der Waals surface area contributed by atoms with Crippen molar-refractivity contribution in [2.24, 2.45) is 0 Å². The number of nitro benzene ring substituents is 1. The van der Waals surface area contributed by atoms with Crippen molar-refractivity contribution < 1.29 is 10.0 Å². The second-order valence-corrected chi connectivity index (χ2v) is 2.77. The number of rotatable bonds is 3. The first-order valence-corrected chi connectivity index (χ1v) is 4.16. The molecule has 0 atom stereocenters. The van der Waals surface area contributed by atoms with Gasteiger partial charge in [0, 0.05) is 6.07 Å². The van der Waals surface area contributed by atoms with E-state index in [9.17, 15) is 15.2 Å². The van der Waals surface area contributed by atoms with Gasteiger partial charge in [-0.25, -0.2) is 0 Å². The molecule has 0 heterocycles. The number of aromatic hydroxyl groups is 1. The van der Waals surface area contributed by atoms with Gasteiger partial charge >= 0.3 is 5.69 Å². The van der Waals surface area contributed by atoms with Crippen molar-refractivity contribution in [1.29, 1.82) is 5.26 Å². The Morgan fingerprint density at radius 2 is 2.33 bits per heavy atom. The van der Waals surface area contributed by atoms with Gasteiger partial charge in [-0.2, -0.15) is 5.26 Å². The summed E-state index contributed by atoms with van der Waals surface area (Å²) in [5.41, 5.74) is 0.292. The maximum atomic E-state index is 10.4. The molecule has 0 aliphatic rings. The van der Waals surface area contributed by atoms with E-state index in [1.54, 1.807) is 12.2 Å². The number of phenols is 1. The van der Waals surface area contributed by atoms with E-state index in [-0.39, 0.29) is 17.9 Å². The molecule has 76 valence electrons. The Morgan fingerprint density at radius 1 is 1.60 bits per heavy atom. The van der Waals surface area contributed by atoms with Crippen molar-refractivity contribution in [3.8, 4) is 11.8 Å². The minimum Gasteiger partial charge on any atom is -0.502 e. The van der Waals surface area contributed by atoms with E-state index in [0.717, 1.165) is 0 Å². The quantitative estimate of drug-likeness (QED) is 0.604. The SMILES string of the molecule is N#CCC=Cc1ccc([N+](=O)[O-])c(O)c1. The van der Waals surface area contributed by atoms with Gasteiger partial charge in [0.2, 0.25) is 0 Å². The highest BCUT2D eigenvalue weighted by molar-refractivity contribution is 5.57. The molecule has 0 saturated carbocycles. The molecule has 5 heteroatoms. The van der Waals surface area contributed by atoms with Crippen molar-refractivity contribution in [3.05, 3.63) is 40.0 Å². The zero-order valence-electron chi connectivity index (χ0n) is 7.75. The van der Waals surface area contributed by atoms with Crippen molar-refractivity contribution in [2.75, 3.05) is 0 Å². The Kier molecular flexibility index (Phi) is 3.41. The first-order valence-electron chi connectivity index (χ1n) is 4.16. The van der Waals surface area contributed by atoms with Crippen molar-refractivity contribution in [3.63, 3.8) is 0 Å².